The molecule has 1 heterocycles. The fourth-order valence-electron chi connectivity index (χ4n) is 2.67. The normalized spacial score (nSPS) is 24.0. The second-order valence-corrected chi connectivity index (χ2v) is 8.33. The van der Waals surface area contributed by atoms with Gasteiger partial charge in [0.2, 0.25) is 10.0 Å². The maximum atomic E-state index is 12.7. The van der Waals surface area contributed by atoms with Gasteiger partial charge in [-0.25, -0.2) is 8.42 Å². The van der Waals surface area contributed by atoms with Crippen molar-refractivity contribution in [3.05, 3.63) is 29.3 Å². The molecule has 1 aliphatic heterocycles. The van der Waals surface area contributed by atoms with Crippen LogP contribution in [-0.2, 0) is 10.0 Å². The Kier molecular flexibility index (Phi) is 4.70. The Morgan fingerprint density at radius 3 is 2.52 bits per heavy atom. The van der Waals surface area contributed by atoms with E-state index in [1.807, 2.05) is 6.92 Å². The predicted molar refractivity (Wildman–Crippen MR) is 88.8 cm³/mol. The molecule has 1 aromatic carbocycles. The fraction of sp³-hybridized carbons (Fsp3) is 0.533. The van der Waals surface area contributed by atoms with E-state index in [1.165, 1.54) is 0 Å². The first-order valence-electron chi connectivity index (χ1n) is 7.14. The van der Waals surface area contributed by atoms with Crippen molar-refractivity contribution < 1.29 is 8.42 Å². The molecule has 0 saturated carbocycles. The van der Waals surface area contributed by atoms with Crippen molar-refractivity contribution in [1.29, 1.82) is 0 Å². The number of hydrogen-bond donors (Lipinski definition) is 1. The molecule has 2 N–H and O–H groups in total. The minimum atomic E-state index is -3.43. The lowest BCUT2D eigenvalue weighted by molar-refractivity contribution is 0.212. The molecule has 0 spiro atoms. The number of sulfonamides is 1. The predicted octanol–water partition coefficient (Wildman–Crippen LogP) is 2.30. The first-order valence-corrected chi connectivity index (χ1v) is 8.99. The molecule has 1 aliphatic rings. The van der Waals surface area contributed by atoms with E-state index in [-0.39, 0.29) is 4.99 Å². The number of aryl methyl sites for hydroxylation is 1. The highest BCUT2D eigenvalue weighted by Gasteiger charge is 2.31. The molecular weight excluding hydrogens is 304 g/mol. The van der Waals surface area contributed by atoms with Gasteiger partial charge in [0.05, 0.1) is 4.90 Å². The zero-order valence-corrected chi connectivity index (χ0v) is 14.3. The summed E-state index contributed by atoms with van der Waals surface area (Å²) in [6, 6.07) is 4.95. The summed E-state index contributed by atoms with van der Waals surface area (Å²) in [5.74, 6) is 0.945. The summed E-state index contributed by atoms with van der Waals surface area (Å²) in [6.07, 6.45) is 0.907. The topological polar surface area (TPSA) is 63.4 Å². The van der Waals surface area contributed by atoms with Gasteiger partial charge in [-0.1, -0.05) is 32.1 Å². The Balaban J connectivity index is 2.32. The van der Waals surface area contributed by atoms with Crippen LogP contribution in [-0.4, -0.2) is 30.8 Å². The lowest BCUT2D eigenvalue weighted by Crippen LogP contribution is -2.42. The number of nitrogens with zero attached hydrogens (tertiary/aromatic N) is 1. The Morgan fingerprint density at radius 1 is 1.33 bits per heavy atom. The van der Waals surface area contributed by atoms with Crippen molar-refractivity contribution in [2.75, 3.05) is 13.1 Å². The Labute approximate surface area is 132 Å². The summed E-state index contributed by atoms with van der Waals surface area (Å²) in [4.78, 5) is 0.610. The maximum absolute atomic E-state index is 12.7. The van der Waals surface area contributed by atoms with E-state index in [0.717, 1.165) is 17.5 Å². The van der Waals surface area contributed by atoms with Gasteiger partial charge in [-0.3, -0.25) is 0 Å². The molecule has 21 heavy (non-hydrogen) atoms. The van der Waals surface area contributed by atoms with Gasteiger partial charge in [-0.05, 0) is 42.9 Å². The quantitative estimate of drug-likeness (QED) is 0.866. The minimum absolute atomic E-state index is 0.289. The fourth-order valence-corrected chi connectivity index (χ4v) is 4.54. The molecule has 2 atom stereocenters. The molecule has 1 saturated heterocycles. The molecule has 0 amide bonds. The van der Waals surface area contributed by atoms with Gasteiger partial charge >= 0.3 is 0 Å². The third-order valence-corrected chi connectivity index (χ3v) is 6.48. The number of hydrogen-bond acceptors (Lipinski definition) is 3. The molecule has 2 unspecified atom stereocenters. The molecule has 116 valence electrons. The van der Waals surface area contributed by atoms with E-state index >= 15 is 0 Å². The largest absolute Gasteiger partial charge is 0.389 e. The van der Waals surface area contributed by atoms with E-state index in [9.17, 15) is 8.42 Å². The van der Waals surface area contributed by atoms with Crippen molar-refractivity contribution in [1.82, 2.24) is 4.31 Å². The van der Waals surface area contributed by atoms with E-state index in [0.29, 0.717) is 29.8 Å². The molecular formula is C15H22N2O2S2. The number of rotatable bonds is 3. The van der Waals surface area contributed by atoms with Gasteiger partial charge in [-0.2, -0.15) is 4.31 Å². The number of piperidine rings is 1. The van der Waals surface area contributed by atoms with Crippen molar-refractivity contribution in [2.24, 2.45) is 17.6 Å². The van der Waals surface area contributed by atoms with Crippen LogP contribution in [0.3, 0.4) is 0 Å². The van der Waals surface area contributed by atoms with Crippen LogP contribution in [0.2, 0.25) is 0 Å². The van der Waals surface area contributed by atoms with Gasteiger partial charge in [0.15, 0.2) is 0 Å². The van der Waals surface area contributed by atoms with E-state index in [1.54, 1.807) is 22.5 Å². The van der Waals surface area contributed by atoms with Crippen LogP contribution < -0.4 is 5.73 Å². The second kappa shape index (κ2) is 6.02. The molecule has 1 fully saturated rings. The zero-order valence-electron chi connectivity index (χ0n) is 12.7. The SMILES string of the molecule is Cc1cc(S(=O)(=O)N2CCC(C)C(C)C2)ccc1C(N)=S. The van der Waals surface area contributed by atoms with Crippen LogP contribution in [0.15, 0.2) is 23.1 Å². The lowest BCUT2D eigenvalue weighted by atomic mass is 9.90. The number of thiocarbonyl (C=S) groups is 1. The van der Waals surface area contributed by atoms with Crippen LogP contribution in [0.4, 0.5) is 0 Å². The summed E-state index contributed by atoms with van der Waals surface area (Å²) < 4.78 is 27.1. The monoisotopic (exact) mass is 326 g/mol. The lowest BCUT2D eigenvalue weighted by Gasteiger charge is -2.34. The maximum Gasteiger partial charge on any atom is 0.243 e. The van der Waals surface area contributed by atoms with Crippen LogP contribution in [0.1, 0.15) is 31.4 Å². The Bertz CT molecular complexity index is 656. The molecule has 0 bridgehead atoms. The van der Waals surface area contributed by atoms with E-state index in [4.69, 9.17) is 18.0 Å². The number of benzene rings is 1. The second-order valence-electron chi connectivity index (χ2n) is 5.95. The summed E-state index contributed by atoms with van der Waals surface area (Å²) >= 11 is 4.96. The molecule has 0 aliphatic carbocycles. The third kappa shape index (κ3) is 3.27. The summed E-state index contributed by atoms with van der Waals surface area (Å²) in [7, 11) is -3.43. The van der Waals surface area contributed by atoms with Crippen LogP contribution in [0.25, 0.3) is 0 Å². The summed E-state index contributed by atoms with van der Waals surface area (Å²) in [6.45, 7) is 7.28. The van der Waals surface area contributed by atoms with Crippen LogP contribution in [0, 0.1) is 18.8 Å². The van der Waals surface area contributed by atoms with Crippen molar-refractivity contribution in [3.63, 3.8) is 0 Å². The van der Waals surface area contributed by atoms with Gasteiger partial charge in [0, 0.05) is 18.7 Å². The van der Waals surface area contributed by atoms with Gasteiger partial charge in [0.25, 0.3) is 0 Å². The van der Waals surface area contributed by atoms with Gasteiger partial charge < -0.3 is 5.73 Å². The zero-order chi connectivity index (χ0) is 15.8. The summed E-state index contributed by atoms with van der Waals surface area (Å²) in [5, 5.41) is 0. The van der Waals surface area contributed by atoms with Crippen molar-refractivity contribution >= 4 is 27.2 Å². The van der Waals surface area contributed by atoms with Crippen LogP contribution in [0.5, 0.6) is 0 Å². The smallest absolute Gasteiger partial charge is 0.243 e. The summed E-state index contributed by atoms with van der Waals surface area (Å²) in [5.41, 5.74) is 7.14. The van der Waals surface area contributed by atoms with E-state index in [2.05, 4.69) is 13.8 Å². The van der Waals surface area contributed by atoms with Crippen molar-refractivity contribution in [2.45, 2.75) is 32.1 Å². The molecule has 0 aromatic heterocycles. The minimum Gasteiger partial charge on any atom is -0.389 e. The molecule has 0 radical (unpaired) electrons. The molecule has 6 heteroatoms. The van der Waals surface area contributed by atoms with Gasteiger partial charge in [-0.15, -0.1) is 0 Å². The van der Waals surface area contributed by atoms with Crippen LogP contribution >= 0.6 is 12.2 Å². The first-order chi connectivity index (χ1) is 9.73. The number of nitrogens with two attached hydrogens (primary N) is 1. The molecule has 4 nitrogen and oxygen atoms in total. The molecule has 1 aromatic rings. The van der Waals surface area contributed by atoms with E-state index < -0.39 is 10.0 Å². The molecule has 2 rings (SSSR count). The highest BCUT2D eigenvalue weighted by molar-refractivity contribution is 7.89. The third-order valence-electron chi connectivity index (χ3n) is 4.40. The Hall–Kier alpha value is -0.980. The van der Waals surface area contributed by atoms with Gasteiger partial charge in [0.1, 0.15) is 4.99 Å². The standard InChI is InChI=1S/C15H22N2O2S2/c1-10-6-7-17(9-12(10)3)21(18,19)13-4-5-14(15(16)20)11(2)8-13/h4-5,8,10,12H,6-7,9H2,1-3H3,(H2,16,20). The highest BCUT2D eigenvalue weighted by Crippen LogP contribution is 2.28. The highest BCUT2D eigenvalue weighted by atomic mass is 32.2. The average Bonchev–Trinajstić information content (AvgIpc) is 2.41. The average molecular weight is 326 g/mol. The first kappa shape index (κ1) is 16.4. The van der Waals surface area contributed by atoms with Crippen molar-refractivity contribution in [3.8, 4) is 0 Å². The Morgan fingerprint density at radius 2 is 2.00 bits per heavy atom.